The van der Waals surface area contributed by atoms with Gasteiger partial charge in [-0.1, -0.05) is 11.3 Å². The fourth-order valence-electron chi connectivity index (χ4n) is 3.67. The van der Waals surface area contributed by atoms with Gasteiger partial charge in [-0.25, -0.2) is 4.39 Å². The third-order valence-corrected chi connectivity index (χ3v) is 5.61. The molecule has 0 saturated carbocycles. The van der Waals surface area contributed by atoms with Crippen LogP contribution >= 0.6 is 0 Å². The van der Waals surface area contributed by atoms with Crippen LogP contribution in [0.3, 0.4) is 0 Å². The molecule has 0 aliphatic heterocycles. The number of nitrogens with zero attached hydrogens (tertiary/aromatic N) is 6. The Morgan fingerprint density at radius 2 is 1.88 bits per heavy atom. The van der Waals surface area contributed by atoms with Crippen LogP contribution in [0.4, 0.5) is 23.4 Å². The summed E-state index contributed by atoms with van der Waals surface area (Å²) in [5.41, 5.74) is 1.48. The van der Waals surface area contributed by atoms with E-state index in [2.05, 4.69) is 40.9 Å². The number of alkyl halides is 3. The first kappa shape index (κ1) is 29.0. The molecular formula is C26H24F4N8O3. The molecule has 3 heterocycles. The van der Waals surface area contributed by atoms with Gasteiger partial charge in [0.05, 0.1) is 18.3 Å². The fraction of sp³-hybridized carbons (Fsp3) is 0.269. The first-order valence-corrected chi connectivity index (χ1v) is 12.4. The van der Waals surface area contributed by atoms with Crippen molar-refractivity contribution in [3.05, 3.63) is 89.4 Å². The van der Waals surface area contributed by atoms with Crippen molar-refractivity contribution in [1.82, 2.24) is 35.5 Å². The average Bonchev–Trinajstić information content (AvgIpc) is 3.41. The number of rotatable bonds is 12. The number of carbonyl (C=O) groups excluding carboxylic acids is 2. The van der Waals surface area contributed by atoms with E-state index in [-0.39, 0.29) is 23.0 Å². The maximum absolute atomic E-state index is 14.0. The van der Waals surface area contributed by atoms with Gasteiger partial charge in [0.15, 0.2) is 11.5 Å². The summed E-state index contributed by atoms with van der Waals surface area (Å²) in [6.07, 6.45) is 1.47. The first-order chi connectivity index (χ1) is 19.6. The van der Waals surface area contributed by atoms with E-state index in [1.165, 1.54) is 6.07 Å². The van der Waals surface area contributed by atoms with Crippen LogP contribution in [0.25, 0.3) is 0 Å². The molecule has 3 aromatic heterocycles. The molecule has 0 aliphatic rings. The fourth-order valence-corrected chi connectivity index (χ4v) is 3.67. The second-order valence-electron chi connectivity index (χ2n) is 8.80. The zero-order chi connectivity index (χ0) is 29.2. The highest BCUT2D eigenvalue weighted by molar-refractivity contribution is 5.92. The van der Waals surface area contributed by atoms with E-state index in [1.807, 2.05) is 6.07 Å². The van der Waals surface area contributed by atoms with Gasteiger partial charge in [-0.3, -0.25) is 19.3 Å². The largest absolute Gasteiger partial charge is 0.573 e. The van der Waals surface area contributed by atoms with Gasteiger partial charge in [0, 0.05) is 31.0 Å². The van der Waals surface area contributed by atoms with E-state index >= 15 is 0 Å². The standard InChI is InChI=1S/C26H24F4N8O3/c27-21-8-7-20(41-26(28,29)30)12-18(21)13-24(39)33-23-9-6-19(34-36-23)5-1-2-11-38-16-22(35-37-38)25(40)32-15-17-4-3-10-31-14-17/h3-4,6-10,12,14,16H,1-2,5,11,13,15H2,(H,32,40)(H,33,36,39). The molecule has 214 valence electrons. The normalized spacial score (nSPS) is 11.2. The number of hydrogen-bond acceptors (Lipinski definition) is 8. The van der Waals surface area contributed by atoms with Crippen molar-refractivity contribution in [3.63, 3.8) is 0 Å². The van der Waals surface area contributed by atoms with Crippen LogP contribution in [0, 0.1) is 5.82 Å². The number of hydrogen-bond donors (Lipinski definition) is 2. The minimum atomic E-state index is -4.94. The van der Waals surface area contributed by atoms with Gasteiger partial charge < -0.3 is 15.4 Å². The Morgan fingerprint density at radius 1 is 1.02 bits per heavy atom. The summed E-state index contributed by atoms with van der Waals surface area (Å²) in [6, 6.07) is 9.26. The molecule has 41 heavy (non-hydrogen) atoms. The van der Waals surface area contributed by atoms with Crippen LogP contribution in [0.5, 0.6) is 5.75 Å². The van der Waals surface area contributed by atoms with E-state index in [0.29, 0.717) is 25.2 Å². The van der Waals surface area contributed by atoms with Crippen molar-refractivity contribution < 1.29 is 31.9 Å². The number of carbonyl (C=O) groups is 2. The number of pyridine rings is 1. The summed E-state index contributed by atoms with van der Waals surface area (Å²) in [5.74, 6) is -2.39. The molecule has 4 rings (SSSR count). The molecule has 0 radical (unpaired) electrons. The quantitative estimate of drug-likeness (QED) is 0.194. The van der Waals surface area contributed by atoms with Crippen LogP contribution in [-0.2, 0) is 30.7 Å². The zero-order valence-corrected chi connectivity index (χ0v) is 21.4. The summed E-state index contributed by atoms with van der Waals surface area (Å²) in [5, 5.41) is 21.1. The maximum atomic E-state index is 14.0. The number of unbranched alkanes of at least 4 members (excludes halogenated alkanes) is 1. The summed E-state index contributed by atoms with van der Waals surface area (Å²) in [6.45, 7) is 0.868. The average molecular weight is 573 g/mol. The van der Waals surface area contributed by atoms with Gasteiger partial charge >= 0.3 is 6.36 Å². The Morgan fingerprint density at radius 3 is 2.61 bits per heavy atom. The molecule has 0 saturated heterocycles. The van der Waals surface area contributed by atoms with Gasteiger partial charge in [-0.05, 0) is 61.2 Å². The van der Waals surface area contributed by atoms with Crippen LogP contribution in [-0.4, -0.2) is 48.4 Å². The van der Waals surface area contributed by atoms with Crippen LogP contribution in [0.2, 0.25) is 0 Å². The van der Waals surface area contributed by atoms with E-state index < -0.39 is 30.3 Å². The Kier molecular flexibility index (Phi) is 9.50. The second-order valence-corrected chi connectivity index (χ2v) is 8.80. The smallest absolute Gasteiger partial charge is 0.406 e. The predicted molar refractivity (Wildman–Crippen MR) is 136 cm³/mol. The molecule has 4 aromatic rings. The Labute approximate surface area is 231 Å². The molecular weight excluding hydrogens is 548 g/mol. The molecule has 0 spiro atoms. The summed E-state index contributed by atoms with van der Waals surface area (Å²) in [7, 11) is 0. The van der Waals surface area contributed by atoms with Gasteiger partial charge in [-0.15, -0.1) is 23.4 Å². The first-order valence-electron chi connectivity index (χ1n) is 12.4. The van der Waals surface area contributed by atoms with Gasteiger partial charge in [-0.2, -0.15) is 5.10 Å². The van der Waals surface area contributed by atoms with E-state index in [1.54, 1.807) is 35.4 Å². The number of ether oxygens (including phenoxy) is 1. The van der Waals surface area contributed by atoms with Crippen molar-refractivity contribution >= 4 is 17.6 Å². The number of aromatic nitrogens is 6. The lowest BCUT2D eigenvalue weighted by atomic mass is 10.1. The van der Waals surface area contributed by atoms with Gasteiger partial charge in [0.2, 0.25) is 5.91 Å². The third kappa shape index (κ3) is 9.33. The zero-order valence-electron chi connectivity index (χ0n) is 21.4. The lowest BCUT2D eigenvalue weighted by Crippen LogP contribution is -2.23. The molecule has 0 fully saturated rings. The molecule has 11 nitrogen and oxygen atoms in total. The molecule has 0 unspecified atom stereocenters. The van der Waals surface area contributed by atoms with Crippen molar-refractivity contribution in [2.24, 2.45) is 0 Å². The predicted octanol–water partition coefficient (Wildman–Crippen LogP) is 3.63. The summed E-state index contributed by atoms with van der Waals surface area (Å²) >= 11 is 0. The van der Waals surface area contributed by atoms with Crippen LogP contribution in [0.15, 0.2) is 61.1 Å². The van der Waals surface area contributed by atoms with E-state index in [4.69, 9.17) is 0 Å². The topological polar surface area (TPSA) is 137 Å². The Balaban J connectivity index is 1.18. The lowest BCUT2D eigenvalue weighted by Gasteiger charge is -2.11. The second kappa shape index (κ2) is 13.4. The molecule has 15 heteroatoms. The van der Waals surface area contributed by atoms with Crippen molar-refractivity contribution in [2.45, 2.75) is 45.1 Å². The number of halogens is 4. The minimum absolute atomic E-state index is 0.110. The van der Waals surface area contributed by atoms with Crippen LogP contribution in [0.1, 0.15) is 40.2 Å². The highest BCUT2D eigenvalue weighted by atomic mass is 19.4. The molecule has 0 aliphatic carbocycles. The SMILES string of the molecule is O=C(Cc1cc(OC(F)(F)F)ccc1F)Nc1ccc(CCCCn2cc(C(=O)NCc3cccnc3)nn2)nn1. The summed E-state index contributed by atoms with van der Waals surface area (Å²) < 4.78 is 56.5. The highest BCUT2D eigenvalue weighted by Gasteiger charge is 2.31. The maximum Gasteiger partial charge on any atom is 0.573 e. The molecule has 2 amide bonds. The van der Waals surface area contributed by atoms with Crippen molar-refractivity contribution in [1.29, 1.82) is 0 Å². The van der Waals surface area contributed by atoms with Gasteiger partial charge in [0.1, 0.15) is 11.6 Å². The number of benzene rings is 1. The van der Waals surface area contributed by atoms with E-state index in [0.717, 1.165) is 36.6 Å². The van der Waals surface area contributed by atoms with Crippen LogP contribution < -0.4 is 15.4 Å². The van der Waals surface area contributed by atoms with Gasteiger partial charge in [0.25, 0.3) is 5.91 Å². The molecule has 0 bridgehead atoms. The Bertz CT molecular complexity index is 1460. The van der Waals surface area contributed by atoms with E-state index in [9.17, 15) is 27.2 Å². The number of nitrogens with one attached hydrogen (secondary N) is 2. The number of amides is 2. The number of aryl methyl sites for hydroxylation is 2. The van der Waals surface area contributed by atoms with Crippen molar-refractivity contribution in [2.75, 3.05) is 5.32 Å². The third-order valence-electron chi connectivity index (χ3n) is 5.61. The molecule has 1 aromatic carbocycles. The summed E-state index contributed by atoms with van der Waals surface area (Å²) in [4.78, 5) is 28.5. The molecule has 0 atom stereocenters. The molecule has 2 N–H and O–H groups in total. The van der Waals surface area contributed by atoms with Crippen molar-refractivity contribution in [3.8, 4) is 5.75 Å². The Hall–Kier alpha value is -4.95. The highest BCUT2D eigenvalue weighted by Crippen LogP contribution is 2.25. The monoisotopic (exact) mass is 572 g/mol. The number of anilines is 1. The minimum Gasteiger partial charge on any atom is -0.406 e. The lowest BCUT2D eigenvalue weighted by molar-refractivity contribution is -0.274.